The summed E-state index contributed by atoms with van der Waals surface area (Å²) in [5.74, 6) is -0.186. The lowest BCUT2D eigenvalue weighted by Gasteiger charge is -2.22. The summed E-state index contributed by atoms with van der Waals surface area (Å²) in [4.78, 5) is 13.8. The number of carbonyl (C=O) groups excluding carboxylic acids is 1. The van der Waals surface area contributed by atoms with Crippen LogP contribution in [0.4, 0.5) is 5.69 Å². The van der Waals surface area contributed by atoms with Gasteiger partial charge in [-0.1, -0.05) is 0 Å². The molecular weight excluding hydrogens is 208 g/mol. The van der Waals surface area contributed by atoms with Gasteiger partial charge in [-0.15, -0.1) is 0 Å². The lowest BCUT2D eigenvalue weighted by molar-refractivity contribution is 0.0672. The standard InChI is InChI=1S/C10H16N4O2/c1-13-5-8(11)9(12-13)10(16)14-4-2-3-7(14)6-15/h5,7,15H,2-4,6,11H2,1H3/t7-/m0/s1. The van der Waals surface area contributed by atoms with Gasteiger partial charge in [0, 0.05) is 19.8 Å². The number of rotatable bonds is 2. The SMILES string of the molecule is Cn1cc(N)c(C(=O)N2CCC[C@H]2CO)n1. The molecule has 0 aromatic carbocycles. The van der Waals surface area contributed by atoms with Gasteiger partial charge >= 0.3 is 0 Å². The van der Waals surface area contributed by atoms with Gasteiger partial charge in [0.2, 0.25) is 0 Å². The fourth-order valence-corrected chi connectivity index (χ4v) is 2.10. The molecule has 0 bridgehead atoms. The van der Waals surface area contributed by atoms with Crippen LogP contribution in [0.5, 0.6) is 0 Å². The smallest absolute Gasteiger partial charge is 0.276 e. The Labute approximate surface area is 93.6 Å². The van der Waals surface area contributed by atoms with Crippen molar-refractivity contribution in [2.75, 3.05) is 18.9 Å². The Bertz CT molecular complexity index is 402. The minimum absolute atomic E-state index is 0.00151. The summed E-state index contributed by atoms with van der Waals surface area (Å²) in [7, 11) is 1.72. The highest BCUT2D eigenvalue weighted by Gasteiger charge is 2.31. The summed E-state index contributed by atoms with van der Waals surface area (Å²) in [6.07, 6.45) is 3.37. The largest absolute Gasteiger partial charge is 0.396 e. The van der Waals surface area contributed by atoms with Crippen LogP contribution < -0.4 is 5.73 Å². The molecule has 1 saturated heterocycles. The van der Waals surface area contributed by atoms with Gasteiger partial charge in [0.15, 0.2) is 5.69 Å². The zero-order valence-electron chi connectivity index (χ0n) is 9.26. The molecule has 6 heteroatoms. The average molecular weight is 224 g/mol. The Morgan fingerprint density at radius 2 is 2.50 bits per heavy atom. The van der Waals surface area contributed by atoms with Crippen molar-refractivity contribution < 1.29 is 9.90 Å². The fraction of sp³-hybridized carbons (Fsp3) is 0.600. The van der Waals surface area contributed by atoms with E-state index in [-0.39, 0.29) is 24.2 Å². The Morgan fingerprint density at radius 3 is 3.06 bits per heavy atom. The molecule has 0 unspecified atom stereocenters. The first-order valence-corrected chi connectivity index (χ1v) is 5.34. The first kappa shape index (κ1) is 10.9. The fourth-order valence-electron chi connectivity index (χ4n) is 2.10. The number of aliphatic hydroxyl groups is 1. The van der Waals surface area contributed by atoms with Crippen LogP contribution in [0, 0.1) is 0 Å². The second-order valence-corrected chi connectivity index (χ2v) is 4.08. The topological polar surface area (TPSA) is 84.4 Å². The Balaban J connectivity index is 2.21. The van der Waals surface area contributed by atoms with E-state index in [0.29, 0.717) is 12.2 Å². The molecule has 2 rings (SSSR count). The van der Waals surface area contributed by atoms with E-state index < -0.39 is 0 Å². The number of hydrogen-bond acceptors (Lipinski definition) is 4. The molecule has 0 saturated carbocycles. The first-order valence-electron chi connectivity index (χ1n) is 5.34. The van der Waals surface area contributed by atoms with Crippen LogP contribution in [0.3, 0.4) is 0 Å². The van der Waals surface area contributed by atoms with Crippen molar-refractivity contribution in [2.24, 2.45) is 7.05 Å². The molecule has 1 aromatic heterocycles. The third-order valence-corrected chi connectivity index (χ3v) is 2.91. The van der Waals surface area contributed by atoms with Crippen molar-refractivity contribution in [3.63, 3.8) is 0 Å². The molecule has 1 atom stereocenters. The molecule has 3 N–H and O–H groups in total. The van der Waals surface area contributed by atoms with Gasteiger partial charge in [0.1, 0.15) is 0 Å². The molecule has 0 spiro atoms. The lowest BCUT2D eigenvalue weighted by Crippen LogP contribution is -2.38. The van der Waals surface area contributed by atoms with E-state index in [2.05, 4.69) is 5.10 Å². The number of hydrogen-bond donors (Lipinski definition) is 2. The van der Waals surface area contributed by atoms with Crippen molar-refractivity contribution >= 4 is 11.6 Å². The number of likely N-dealkylation sites (tertiary alicyclic amines) is 1. The normalized spacial score (nSPS) is 20.4. The predicted octanol–water partition coefficient (Wildman–Crippen LogP) is -0.401. The lowest BCUT2D eigenvalue weighted by atomic mass is 10.2. The Kier molecular flexibility index (Phi) is 2.82. The van der Waals surface area contributed by atoms with Crippen molar-refractivity contribution in [1.29, 1.82) is 0 Å². The molecule has 6 nitrogen and oxygen atoms in total. The number of carbonyl (C=O) groups is 1. The number of nitrogens with zero attached hydrogens (tertiary/aromatic N) is 3. The molecule has 1 aromatic rings. The number of aromatic nitrogens is 2. The second-order valence-electron chi connectivity index (χ2n) is 4.08. The Morgan fingerprint density at radius 1 is 1.75 bits per heavy atom. The van der Waals surface area contributed by atoms with Crippen molar-refractivity contribution in [1.82, 2.24) is 14.7 Å². The second kappa shape index (κ2) is 4.13. The number of amides is 1. The number of anilines is 1. The molecular formula is C10H16N4O2. The van der Waals surface area contributed by atoms with Gasteiger partial charge in [-0.05, 0) is 12.8 Å². The summed E-state index contributed by atoms with van der Waals surface area (Å²) < 4.78 is 1.52. The number of nitrogen functional groups attached to an aromatic ring is 1. The number of aliphatic hydroxyl groups excluding tert-OH is 1. The molecule has 1 amide bonds. The minimum Gasteiger partial charge on any atom is -0.396 e. The first-order chi connectivity index (χ1) is 7.63. The molecule has 2 heterocycles. The summed E-state index contributed by atoms with van der Waals surface area (Å²) in [6, 6.07) is -0.0890. The highest BCUT2D eigenvalue weighted by molar-refractivity contribution is 5.97. The Hall–Kier alpha value is -1.56. The summed E-state index contributed by atoms with van der Waals surface area (Å²) in [5.41, 5.74) is 6.37. The predicted molar refractivity (Wildman–Crippen MR) is 58.8 cm³/mol. The molecule has 88 valence electrons. The highest BCUT2D eigenvalue weighted by Crippen LogP contribution is 2.21. The van der Waals surface area contributed by atoms with Crippen LogP contribution in [0.25, 0.3) is 0 Å². The monoisotopic (exact) mass is 224 g/mol. The van der Waals surface area contributed by atoms with E-state index in [4.69, 9.17) is 10.8 Å². The van der Waals surface area contributed by atoms with Crippen LogP contribution in [0.2, 0.25) is 0 Å². The zero-order chi connectivity index (χ0) is 11.7. The van der Waals surface area contributed by atoms with Gasteiger partial charge in [-0.2, -0.15) is 5.10 Å². The van der Waals surface area contributed by atoms with Crippen molar-refractivity contribution in [3.8, 4) is 0 Å². The van der Waals surface area contributed by atoms with Gasteiger partial charge in [-0.25, -0.2) is 0 Å². The molecule has 1 aliphatic rings. The molecule has 16 heavy (non-hydrogen) atoms. The van der Waals surface area contributed by atoms with Crippen LogP contribution >= 0.6 is 0 Å². The molecule has 0 radical (unpaired) electrons. The maximum atomic E-state index is 12.1. The van der Waals surface area contributed by atoms with E-state index in [9.17, 15) is 4.79 Å². The summed E-state index contributed by atoms with van der Waals surface area (Å²) in [6.45, 7) is 0.665. The third-order valence-electron chi connectivity index (χ3n) is 2.91. The molecule has 1 aliphatic heterocycles. The summed E-state index contributed by atoms with van der Waals surface area (Å²) in [5, 5.41) is 13.2. The maximum Gasteiger partial charge on any atom is 0.276 e. The van der Waals surface area contributed by atoms with Crippen LogP contribution in [0.1, 0.15) is 23.3 Å². The van der Waals surface area contributed by atoms with E-state index >= 15 is 0 Å². The van der Waals surface area contributed by atoms with E-state index in [1.165, 1.54) is 4.68 Å². The van der Waals surface area contributed by atoms with Gasteiger partial charge in [0.05, 0.1) is 18.3 Å². The molecule has 0 aliphatic carbocycles. The minimum atomic E-state index is -0.186. The third kappa shape index (κ3) is 1.76. The van der Waals surface area contributed by atoms with E-state index in [1.54, 1.807) is 18.1 Å². The van der Waals surface area contributed by atoms with Gasteiger partial charge in [0.25, 0.3) is 5.91 Å². The van der Waals surface area contributed by atoms with E-state index in [0.717, 1.165) is 12.8 Å². The quantitative estimate of drug-likeness (QED) is 0.716. The van der Waals surface area contributed by atoms with Crippen molar-refractivity contribution in [2.45, 2.75) is 18.9 Å². The number of aryl methyl sites for hydroxylation is 1. The summed E-state index contributed by atoms with van der Waals surface area (Å²) >= 11 is 0. The van der Waals surface area contributed by atoms with E-state index in [1.807, 2.05) is 0 Å². The van der Waals surface area contributed by atoms with Crippen LogP contribution in [-0.4, -0.2) is 44.9 Å². The number of nitrogens with two attached hydrogens (primary N) is 1. The maximum absolute atomic E-state index is 12.1. The van der Waals surface area contributed by atoms with Crippen LogP contribution in [0.15, 0.2) is 6.20 Å². The van der Waals surface area contributed by atoms with Gasteiger partial charge in [-0.3, -0.25) is 9.48 Å². The van der Waals surface area contributed by atoms with Crippen molar-refractivity contribution in [3.05, 3.63) is 11.9 Å². The highest BCUT2D eigenvalue weighted by atomic mass is 16.3. The van der Waals surface area contributed by atoms with Gasteiger partial charge < -0.3 is 15.7 Å². The average Bonchev–Trinajstić information content (AvgIpc) is 2.83. The zero-order valence-corrected chi connectivity index (χ0v) is 9.26. The molecule has 1 fully saturated rings. The van der Waals surface area contributed by atoms with Crippen LogP contribution in [-0.2, 0) is 7.05 Å².